The first-order chi connectivity index (χ1) is 34.9. The van der Waals surface area contributed by atoms with Crippen LogP contribution < -0.4 is 29.1 Å². The number of nitrogens with zero attached hydrogens (tertiary/aromatic N) is 4. The third-order valence-electron chi connectivity index (χ3n) is 16.6. The van der Waals surface area contributed by atoms with Crippen molar-refractivity contribution in [2.24, 2.45) is 16.7 Å². The summed E-state index contributed by atoms with van der Waals surface area (Å²) in [5, 5.41) is 15.9. The molecule has 3 N–H and O–H groups in total. The van der Waals surface area contributed by atoms with Crippen molar-refractivity contribution < 1.29 is 41.5 Å². The van der Waals surface area contributed by atoms with E-state index in [4.69, 9.17) is 18.9 Å². The maximum absolute atomic E-state index is 15.1. The van der Waals surface area contributed by atoms with E-state index < -0.39 is 37.3 Å². The van der Waals surface area contributed by atoms with Gasteiger partial charge in [0.2, 0.25) is 0 Å². The zero-order valence-electron chi connectivity index (χ0n) is 42.7. The lowest BCUT2D eigenvalue weighted by Crippen LogP contribution is -2.63. The summed E-state index contributed by atoms with van der Waals surface area (Å²) in [7, 11) is -3.22. The number of pyridine rings is 1. The zero-order chi connectivity index (χ0) is 51.4. The Morgan fingerprint density at radius 1 is 1.00 bits per heavy atom. The van der Waals surface area contributed by atoms with E-state index in [1.165, 1.54) is 55.7 Å². The summed E-state index contributed by atoms with van der Waals surface area (Å²) in [6.07, 6.45) is 10.3. The first-order valence-corrected chi connectivity index (χ1v) is 27.4. The molecule has 0 radical (unpaired) electrons. The molecule has 1 spiro atoms. The van der Waals surface area contributed by atoms with Gasteiger partial charge in [0.25, 0.3) is 27.5 Å². The van der Waals surface area contributed by atoms with Gasteiger partial charge in [0, 0.05) is 75.5 Å². The molecule has 10 rings (SSSR count). The molecule has 2 saturated heterocycles. The number of aromatic nitrogens is 2. The summed E-state index contributed by atoms with van der Waals surface area (Å²) in [6.45, 7) is 14.7. The van der Waals surface area contributed by atoms with Gasteiger partial charge >= 0.3 is 0 Å². The highest BCUT2D eigenvalue weighted by Crippen LogP contribution is 2.50. The molecule has 1 amide bonds. The fourth-order valence-corrected chi connectivity index (χ4v) is 13.1. The monoisotopic (exact) mass is 1020 g/mol. The number of carbonyl (C=O) groups is 1. The number of amides is 1. The molecule has 1 unspecified atom stereocenters. The number of carbonyl (C=O) groups excluding carboxylic acids is 1. The van der Waals surface area contributed by atoms with Gasteiger partial charge in [-0.3, -0.25) is 19.8 Å². The average molecular weight is 1020 g/mol. The van der Waals surface area contributed by atoms with Crippen LogP contribution in [-0.4, -0.2) is 98.8 Å². The number of aromatic amines is 1. The largest absolute Gasteiger partial charge is 0.489 e. The van der Waals surface area contributed by atoms with Crippen molar-refractivity contribution in [3.8, 4) is 23.1 Å². The van der Waals surface area contributed by atoms with Crippen LogP contribution in [0.2, 0.25) is 0 Å². The lowest BCUT2D eigenvalue weighted by molar-refractivity contribution is -0.384. The zero-order valence-corrected chi connectivity index (χ0v) is 43.5. The van der Waals surface area contributed by atoms with Crippen molar-refractivity contribution in [1.29, 1.82) is 0 Å². The number of rotatable bonds is 15. The lowest BCUT2D eigenvalue weighted by Gasteiger charge is -2.57. The van der Waals surface area contributed by atoms with Crippen molar-refractivity contribution in [1.82, 2.24) is 19.6 Å². The van der Waals surface area contributed by atoms with Gasteiger partial charge in [0.05, 0.1) is 32.9 Å². The minimum absolute atomic E-state index is 0.00561. The van der Waals surface area contributed by atoms with Crippen LogP contribution in [0.15, 0.2) is 71.8 Å². The van der Waals surface area contributed by atoms with Crippen LogP contribution in [-0.2, 0) is 14.8 Å². The van der Waals surface area contributed by atoms with E-state index in [1.54, 1.807) is 19.1 Å². The van der Waals surface area contributed by atoms with Gasteiger partial charge in [-0.2, -0.15) is 4.98 Å². The Bertz CT molecular complexity index is 2990. The maximum atomic E-state index is 15.1. The van der Waals surface area contributed by atoms with Crippen LogP contribution in [0.4, 0.5) is 21.5 Å². The average Bonchev–Trinajstić information content (AvgIpc) is 4.00. The Morgan fingerprint density at radius 2 is 1.75 bits per heavy atom. The highest BCUT2D eigenvalue weighted by atomic mass is 32.2. The Labute approximate surface area is 426 Å². The van der Waals surface area contributed by atoms with E-state index in [0.717, 1.165) is 82.7 Å². The number of benzene rings is 3. The van der Waals surface area contributed by atoms with E-state index in [0.29, 0.717) is 17.9 Å². The highest BCUT2D eigenvalue weighted by Gasteiger charge is 2.49. The van der Waals surface area contributed by atoms with Gasteiger partial charge in [-0.05, 0) is 110 Å². The predicted molar refractivity (Wildman–Crippen MR) is 277 cm³/mol. The van der Waals surface area contributed by atoms with Crippen LogP contribution in [0.1, 0.15) is 126 Å². The number of nitro groups is 1. The van der Waals surface area contributed by atoms with E-state index in [-0.39, 0.29) is 87.5 Å². The molecular formula is C55H68FN7O9S. The van der Waals surface area contributed by atoms with Crippen LogP contribution in [0, 0.1) is 32.7 Å². The molecule has 5 aliphatic rings. The summed E-state index contributed by atoms with van der Waals surface area (Å²) in [6, 6.07) is 17.8. The number of hydrogen-bond donors (Lipinski definition) is 3. The Balaban J connectivity index is 0.904. The SMILES string of the molecule is COC(C)COc1nc2[nH]cc(F)c2cc1Oc1cc(N2CCC3(CC2)CN([C@H]2CCC[C@H]2c2ccccc2C(C)C)C3)ccc1C(=O)NS(=O)(=O)c1cc2c(c([N+](=O)[O-])c1)N[C@@H](C1CCC(C)(C)CC1)CO2. The summed E-state index contributed by atoms with van der Waals surface area (Å²) in [5.41, 5.74) is 3.77. The second kappa shape index (κ2) is 20.0. The molecule has 0 bridgehead atoms. The van der Waals surface area contributed by atoms with E-state index in [2.05, 4.69) is 81.8 Å². The molecule has 2 saturated carbocycles. The fourth-order valence-electron chi connectivity index (χ4n) is 12.1. The van der Waals surface area contributed by atoms with Gasteiger partial charge in [-0.25, -0.2) is 17.5 Å². The van der Waals surface area contributed by atoms with Gasteiger partial charge in [-0.15, -0.1) is 0 Å². The number of anilines is 2. The standard InChI is InChI=1S/C55H68FN7O9S/c1-33(2)38-10-7-8-11-39(38)40-12-9-13-45(40)62-31-55(32-62)20-22-61(23-21-55)36-14-15-41(47(24-36)72-49-27-42-43(56)28-57-51(42)59-53(49)71-29-34(3)69-6)52(64)60-73(67,68)37-25-46(63(65)66)50-48(26-37)70-30-44(58-50)35-16-18-54(4,5)19-17-35/h7-8,10-11,14-15,24-28,33-35,40,44-45,58H,9,12-13,16-23,29-32H2,1-6H3,(H,57,59)(H,60,64)/t34?,40-,44+,45-/m0/s1. The number of methoxy groups -OCH3 is 1. The van der Waals surface area contributed by atoms with Crippen molar-refractivity contribution in [3.05, 3.63) is 99.5 Å². The molecule has 3 aliphatic heterocycles. The fraction of sp³-hybridized carbons (Fsp3) is 0.527. The third kappa shape index (κ3) is 10.3. The second-order valence-electron chi connectivity index (χ2n) is 22.3. The number of likely N-dealkylation sites (tertiary alicyclic amines) is 1. The van der Waals surface area contributed by atoms with Crippen molar-refractivity contribution >= 4 is 44.0 Å². The molecular weight excluding hydrogens is 954 g/mol. The molecule has 390 valence electrons. The topological polar surface area (TPSA) is 190 Å². The van der Waals surface area contributed by atoms with Gasteiger partial charge in [0.1, 0.15) is 30.4 Å². The predicted octanol–water partition coefficient (Wildman–Crippen LogP) is 10.7. The number of nitrogens with one attached hydrogen (secondary N) is 3. The van der Waals surface area contributed by atoms with Gasteiger partial charge < -0.3 is 34.1 Å². The molecule has 16 nitrogen and oxygen atoms in total. The van der Waals surface area contributed by atoms with E-state index in [9.17, 15) is 23.3 Å². The number of ether oxygens (including phenoxy) is 4. The van der Waals surface area contributed by atoms with Crippen LogP contribution in [0.5, 0.6) is 23.1 Å². The Kier molecular flexibility index (Phi) is 13.9. The molecule has 18 heteroatoms. The number of fused-ring (bicyclic) bond motifs is 2. The third-order valence-corrected chi connectivity index (χ3v) is 17.9. The number of sulfonamides is 1. The van der Waals surface area contributed by atoms with Gasteiger partial charge in [0.15, 0.2) is 17.2 Å². The molecule has 4 atom stereocenters. The summed E-state index contributed by atoms with van der Waals surface area (Å²) in [4.78, 5) is 38.0. The minimum Gasteiger partial charge on any atom is -0.489 e. The molecule has 5 aromatic rings. The molecule has 3 aromatic carbocycles. The number of halogens is 1. The number of piperidine rings is 1. The number of nitro benzene ring substituents is 1. The second-order valence-corrected chi connectivity index (χ2v) is 24.0. The maximum Gasteiger partial charge on any atom is 0.297 e. The van der Waals surface area contributed by atoms with E-state index in [1.807, 2.05) is 0 Å². The summed E-state index contributed by atoms with van der Waals surface area (Å²) < 4.78 is 69.6. The normalized spacial score (nSPS) is 22.3. The lowest BCUT2D eigenvalue weighted by atomic mass is 9.70. The molecule has 2 aromatic heterocycles. The van der Waals surface area contributed by atoms with E-state index >= 15 is 4.39 Å². The van der Waals surface area contributed by atoms with Crippen molar-refractivity contribution in [2.75, 3.05) is 56.7 Å². The number of hydrogen-bond acceptors (Lipinski definition) is 13. The highest BCUT2D eigenvalue weighted by molar-refractivity contribution is 7.90. The molecule has 4 fully saturated rings. The Hall–Kier alpha value is -5.98. The van der Waals surface area contributed by atoms with Crippen molar-refractivity contribution in [2.45, 2.75) is 127 Å². The molecule has 5 heterocycles. The van der Waals surface area contributed by atoms with Crippen molar-refractivity contribution in [3.63, 3.8) is 0 Å². The first-order valence-electron chi connectivity index (χ1n) is 25.9. The summed E-state index contributed by atoms with van der Waals surface area (Å²) in [5.74, 6) is -0.489. The quantitative estimate of drug-likeness (QED) is 0.0664. The number of H-pyrrole nitrogens is 1. The molecule has 2 aliphatic carbocycles. The molecule has 73 heavy (non-hydrogen) atoms. The minimum atomic E-state index is -4.75. The van der Waals surface area contributed by atoms with Gasteiger partial charge in [-0.1, -0.05) is 58.4 Å². The Morgan fingerprint density at radius 3 is 2.48 bits per heavy atom. The smallest absolute Gasteiger partial charge is 0.297 e. The summed E-state index contributed by atoms with van der Waals surface area (Å²) >= 11 is 0. The van der Waals surface area contributed by atoms with Crippen LogP contribution >= 0.6 is 0 Å². The first kappa shape index (κ1) is 50.5. The van der Waals surface area contributed by atoms with Crippen LogP contribution in [0.3, 0.4) is 0 Å². The van der Waals surface area contributed by atoms with Crippen LogP contribution in [0.25, 0.3) is 11.0 Å².